The first kappa shape index (κ1) is 15.7. The van der Waals surface area contributed by atoms with E-state index in [4.69, 9.17) is 4.74 Å². The number of rotatable bonds is 3. The molecule has 0 aromatic carbocycles. The summed E-state index contributed by atoms with van der Waals surface area (Å²) >= 11 is 0. The summed E-state index contributed by atoms with van der Waals surface area (Å²) in [5.74, 6) is 0.0425. The van der Waals surface area contributed by atoms with E-state index in [0.29, 0.717) is 32.7 Å². The fourth-order valence-corrected chi connectivity index (χ4v) is 3.17. The molecule has 1 aromatic rings. The van der Waals surface area contributed by atoms with Crippen LogP contribution in [0.4, 0.5) is 0 Å². The zero-order valence-corrected chi connectivity index (χ0v) is 13.2. The fraction of sp³-hybridized carbons (Fsp3) is 0.562. The zero-order chi connectivity index (χ0) is 16.4. The lowest BCUT2D eigenvalue weighted by atomic mass is 10.2. The third-order valence-electron chi connectivity index (χ3n) is 4.59. The topological polar surface area (TPSA) is 71.8 Å². The molecule has 0 radical (unpaired) electrons. The standard InChI is InChI=1S/C16H21N3O4/c1-17-12-10-19(11-13(12)23-9-6-14(17)20)16(22)5-8-18-7-3-2-4-15(18)21/h2-4,7,12-13H,5-6,8-11H2,1H3/t12-,13-/m0/s1. The van der Waals surface area contributed by atoms with Gasteiger partial charge >= 0.3 is 0 Å². The maximum absolute atomic E-state index is 12.4. The van der Waals surface area contributed by atoms with Gasteiger partial charge < -0.3 is 19.1 Å². The molecule has 3 rings (SSSR count). The molecule has 3 heterocycles. The van der Waals surface area contributed by atoms with Crippen LogP contribution in [0.25, 0.3) is 0 Å². The number of amides is 2. The number of fused-ring (bicyclic) bond motifs is 1. The molecule has 2 saturated heterocycles. The monoisotopic (exact) mass is 319 g/mol. The minimum atomic E-state index is -0.116. The number of aryl methyl sites for hydroxylation is 1. The third kappa shape index (κ3) is 3.29. The normalized spacial score (nSPS) is 24.5. The predicted molar refractivity (Wildman–Crippen MR) is 82.8 cm³/mol. The van der Waals surface area contributed by atoms with Crippen molar-refractivity contribution in [3.8, 4) is 0 Å². The fourth-order valence-electron chi connectivity index (χ4n) is 3.17. The quantitative estimate of drug-likeness (QED) is 0.767. The summed E-state index contributed by atoms with van der Waals surface area (Å²) in [6.07, 6.45) is 2.23. The Kier molecular flexibility index (Phi) is 4.47. The number of hydrogen-bond acceptors (Lipinski definition) is 4. The molecule has 23 heavy (non-hydrogen) atoms. The van der Waals surface area contributed by atoms with E-state index in [9.17, 15) is 14.4 Å². The Labute approximate surface area is 134 Å². The van der Waals surface area contributed by atoms with Gasteiger partial charge in [0.15, 0.2) is 0 Å². The van der Waals surface area contributed by atoms with Gasteiger partial charge in [-0.3, -0.25) is 14.4 Å². The Morgan fingerprint density at radius 2 is 2.13 bits per heavy atom. The molecule has 124 valence electrons. The van der Waals surface area contributed by atoms with Gasteiger partial charge in [0.2, 0.25) is 11.8 Å². The van der Waals surface area contributed by atoms with Crippen LogP contribution in [0.1, 0.15) is 12.8 Å². The summed E-state index contributed by atoms with van der Waals surface area (Å²) < 4.78 is 7.24. The van der Waals surface area contributed by atoms with Crippen molar-refractivity contribution in [1.29, 1.82) is 0 Å². The van der Waals surface area contributed by atoms with Crippen LogP contribution in [0, 0.1) is 0 Å². The molecule has 2 amide bonds. The van der Waals surface area contributed by atoms with Crippen LogP contribution in [-0.4, -0.2) is 65.1 Å². The Balaban J connectivity index is 1.60. The molecule has 0 unspecified atom stereocenters. The number of aromatic nitrogens is 1. The van der Waals surface area contributed by atoms with E-state index in [2.05, 4.69) is 0 Å². The summed E-state index contributed by atoms with van der Waals surface area (Å²) in [7, 11) is 1.77. The lowest BCUT2D eigenvalue weighted by molar-refractivity contribution is -0.133. The summed E-state index contributed by atoms with van der Waals surface area (Å²) in [5.41, 5.74) is -0.111. The Hall–Kier alpha value is -2.15. The largest absolute Gasteiger partial charge is 0.374 e. The number of pyridine rings is 1. The average Bonchev–Trinajstić information content (AvgIpc) is 2.92. The van der Waals surface area contributed by atoms with Crippen molar-refractivity contribution < 1.29 is 14.3 Å². The van der Waals surface area contributed by atoms with E-state index in [-0.39, 0.29) is 35.9 Å². The Morgan fingerprint density at radius 3 is 2.91 bits per heavy atom. The van der Waals surface area contributed by atoms with Gasteiger partial charge in [-0.05, 0) is 6.07 Å². The number of ether oxygens (including phenoxy) is 1. The van der Waals surface area contributed by atoms with Crippen molar-refractivity contribution in [1.82, 2.24) is 14.4 Å². The number of nitrogens with zero attached hydrogens (tertiary/aromatic N) is 3. The predicted octanol–water partition coefficient (Wildman–Crippen LogP) is -0.303. The second-order valence-corrected chi connectivity index (χ2v) is 6.01. The molecule has 0 N–H and O–H groups in total. The van der Waals surface area contributed by atoms with Crippen molar-refractivity contribution in [3.05, 3.63) is 34.7 Å². The number of hydrogen-bond donors (Lipinski definition) is 0. The molecule has 0 saturated carbocycles. The highest BCUT2D eigenvalue weighted by Gasteiger charge is 2.41. The molecule has 0 aliphatic carbocycles. The lowest BCUT2D eigenvalue weighted by Gasteiger charge is -2.25. The van der Waals surface area contributed by atoms with Gasteiger partial charge in [0.05, 0.1) is 25.2 Å². The molecule has 2 aliphatic rings. The molecule has 0 spiro atoms. The van der Waals surface area contributed by atoms with E-state index < -0.39 is 0 Å². The smallest absolute Gasteiger partial charge is 0.250 e. The molecule has 2 fully saturated rings. The zero-order valence-electron chi connectivity index (χ0n) is 13.2. The van der Waals surface area contributed by atoms with Gasteiger partial charge in [-0.1, -0.05) is 6.07 Å². The van der Waals surface area contributed by atoms with E-state index in [1.807, 2.05) is 0 Å². The molecule has 7 nitrogen and oxygen atoms in total. The number of carbonyl (C=O) groups is 2. The first-order valence-corrected chi connectivity index (χ1v) is 7.87. The minimum Gasteiger partial charge on any atom is -0.374 e. The van der Waals surface area contributed by atoms with E-state index in [1.165, 1.54) is 10.6 Å². The summed E-state index contributed by atoms with van der Waals surface area (Å²) in [4.78, 5) is 39.4. The maximum atomic E-state index is 12.4. The summed E-state index contributed by atoms with van der Waals surface area (Å²) in [6, 6.07) is 4.85. The van der Waals surface area contributed by atoms with Crippen LogP contribution >= 0.6 is 0 Å². The van der Waals surface area contributed by atoms with Crippen molar-refractivity contribution >= 4 is 11.8 Å². The van der Waals surface area contributed by atoms with Gasteiger partial charge in [0.25, 0.3) is 5.56 Å². The summed E-state index contributed by atoms with van der Waals surface area (Å²) in [6.45, 7) is 1.77. The highest BCUT2D eigenvalue weighted by Crippen LogP contribution is 2.22. The number of carbonyl (C=O) groups excluding carboxylic acids is 2. The van der Waals surface area contributed by atoms with E-state index >= 15 is 0 Å². The maximum Gasteiger partial charge on any atom is 0.250 e. The molecular formula is C16H21N3O4. The molecule has 1 aromatic heterocycles. The van der Waals surface area contributed by atoms with Crippen molar-refractivity contribution in [2.24, 2.45) is 0 Å². The minimum absolute atomic E-state index is 0.0155. The Bertz CT molecular complexity index is 657. The van der Waals surface area contributed by atoms with Crippen molar-refractivity contribution in [2.75, 3.05) is 26.7 Å². The van der Waals surface area contributed by atoms with Crippen LogP contribution in [0.5, 0.6) is 0 Å². The van der Waals surface area contributed by atoms with Crippen LogP contribution in [-0.2, 0) is 20.9 Å². The highest BCUT2D eigenvalue weighted by atomic mass is 16.5. The first-order chi connectivity index (χ1) is 11.1. The lowest BCUT2D eigenvalue weighted by Crippen LogP contribution is -2.43. The third-order valence-corrected chi connectivity index (χ3v) is 4.59. The second kappa shape index (κ2) is 6.54. The van der Waals surface area contributed by atoms with Gasteiger partial charge in [0, 0.05) is 45.4 Å². The molecule has 2 atom stereocenters. The van der Waals surface area contributed by atoms with Crippen molar-refractivity contribution in [3.63, 3.8) is 0 Å². The van der Waals surface area contributed by atoms with Gasteiger partial charge in [-0.2, -0.15) is 0 Å². The van der Waals surface area contributed by atoms with Crippen LogP contribution in [0.3, 0.4) is 0 Å². The molecular weight excluding hydrogens is 298 g/mol. The van der Waals surface area contributed by atoms with Crippen LogP contribution in [0.15, 0.2) is 29.2 Å². The average molecular weight is 319 g/mol. The molecule has 7 heteroatoms. The summed E-state index contributed by atoms with van der Waals surface area (Å²) in [5, 5.41) is 0. The molecule has 2 aliphatic heterocycles. The van der Waals surface area contributed by atoms with Crippen LogP contribution in [0.2, 0.25) is 0 Å². The second-order valence-electron chi connectivity index (χ2n) is 6.01. The van der Waals surface area contributed by atoms with E-state index in [1.54, 1.807) is 35.2 Å². The SMILES string of the molecule is CN1C(=O)CCO[C@H]2CN(C(=O)CCn3ccccc3=O)C[C@@H]21. The first-order valence-electron chi connectivity index (χ1n) is 7.87. The van der Waals surface area contributed by atoms with Crippen LogP contribution < -0.4 is 5.56 Å². The molecule has 0 bridgehead atoms. The van der Waals surface area contributed by atoms with Gasteiger partial charge in [-0.15, -0.1) is 0 Å². The Morgan fingerprint density at radius 1 is 1.30 bits per heavy atom. The number of likely N-dealkylation sites (N-methyl/N-ethyl adjacent to an activating group) is 1. The van der Waals surface area contributed by atoms with E-state index in [0.717, 1.165) is 0 Å². The van der Waals surface area contributed by atoms with Crippen molar-refractivity contribution in [2.45, 2.75) is 31.5 Å². The van der Waals surface area contributed by atoms with Gasteiger partial charge in [-0.25, -0.2) is 0 Å². The number of likely N-dealkylation sites (tertiary alicyclic amines) is 1. The van der Waals surface area contributed by atoms with Gasteiger partial charge in [0.1, 0.15) is 0 Å². The highest BCUT2D eigenvalue weighted by molar-refractivity contribution is 5.78.